The number of nitrogens with one attached hydrogen (secondary N) is 1. The molecule has 160 valence electrons. The molecule has 0 saturated heterocycles. The Balaban J connectivity index is 1.68. The van der Waals surface area contributed by atoms with Crippen LogP contribution in [0.15, 0.2) is 54.9 Å². The first-order valence-corrected chi connectivity index (χ1v) is 11.3. The number of aromatic nitrogens is 3. The quantitative estimate of drug-likeness (QED) is 0.461. The number of hydrogen-bond donors (Lipinski definition) is 1. The second kappa shape index (κ2) is 7.43. The Kier molecular flexibility index (Phi) is 4.68. The fraction of sp³-hybridized carbons (Fsp3) is 0.130. The molecule has 1 aliphatic carbocycles. The maximum absolute atomic E-state index is 14.5. The van der Waals surface area contributed by atoms with Crippen LogP contribution in [0.25, 0.3) is 28.0 Å². The van der Waals surface area contributed by atoms with Gasteiger partial charge in [0.2, 0.25) is 10.0 Å². The van der Waals surface area contributed by atoms with Gasteiger partial charge in [-0.15, -0.1) is 6.42 Å². The number of sulfonamides is 1. The Morgan fingerprint density at radius 1 is 1.09 bits per heavy atom. The third-order valence-electron chi connectivity index (χ3n) is 5.22. The van der Waals surface area contributed by atoms with E-state index in [0.717, 1.165) is 12.1 Å². The van der Waals surface area contributed by atoms with Gasteiger partial charge in [-0.2, -0.15) is 0 Å². The van der Waals surface area contributed by atoms with Crippen molar-refractivity contribution in [2.24, 2.45) is 0 Å². The molecule has 1 fully saturated rings. The van der Waals surface area contributed by atoms with E-state index in [-0.39, 0.29) is 11.4 Å². The molecule has 1 aliphatic rings. The van der Waals surface area contributed by atoms with Crippen LogP contribution in [0.3, 0.4) is 0 Å². The zero-order valence-electron chi connectivity index (χ0n) is 16.6. The Labute approximate surface area is 183 Å². The summed E-state index contributed by atoms with van der Waals surface area (Å²) in [5, 5.41) is -0.463. The average molecular weight is 450 g/mol. The van der Waals surface area contributed by atoms with E-state index in [2.05, 4.69) is 20.6 Å². The topological polar surface area (TPSA) is 76.9 Å². The molecule has 2 aromatic heterocycles. The average Bonchev–Trinajstić information content (AvgIpc) is 3.54. The number of benzene rings is 2. The third kappa shape index (κ3) is 3.69. The lowest BCUT2D eigenvalue weighted by Gasteiger charge is -2.13. The van der Waals surface area contributed by atoms with Crippen molar-refractivity contribution in [3.8, 4) is 29.3 Å². The lowest BCUT2D eigenvalue weighted by atomic mass is 10.1. The van der Waals surface area contributed by atoms with Crippen LogP contribution in [0.1, 0.15) is 18.4 Å². The van der Waals surface area contributed by atoms with Gasteiger partial charge in [0.1, 0.15) is 29.6 Å². The van der Waals surface area contributed by atoms with E-state index < -0.39 is 26.9 Å². The standard InChI is InChI=1S/C23H16F2N4O2S/c1-2-14-3-8-21-20(9-14)26-13-29(21)23-11-15(18-7-4-16(24)12-19(18)25)10-22(27-23)28-32(30,31)17-5-6-17/h1,3-4,7-13,17H,5-6H2,(H,27,28). The first-order valence-electron chi connectivity index (χ1n) is 9.77. The predicted molar refractivity (Wildman–Crippen MR) is 118 cm³/mol. The van der Waals surface area contributed by atoms with E-state index in [1.807, 2.05) is 0 Å². The van der Waals surface area contributed by atoms with Crippen molar-refractivity contribution in [2.45, 2.75) is 18.1 Å². The fourth-order valence-corrected chi connectivity index (χ4v) is 4.78. The first kappa shape index (κ1) is 20.2. The molecule has 0 spiro atoms. The van der Waals surface area contributed by atoms with Gasteiger partial charge in [-0.3, -0.25) is 9.29 Å². The summed E-state index contributed by atoms with van der Waals surface area (Å²) in [6.07, 6.45) is 8.14. The molecule has 32 heavy (non-hydrogen) atoms. The van der Waals surface area contributed by atoms with E-state index >= 15 is 0 Å². The second-order valence-electron chi connectivity index (χ2n) is 7.53. The highest BCUT2D eigenvalue weighted by molar-refractivity contribution is 7.93. The molecule has 0 radical (unpaired) electrons. The van der Waals surface area contributed by atoms with Gasteiger partial charge in [0.05, 0.1) is 16.3 Å². The molecule has 1 saturated carbocycles. The zero-order valence-corrected chi connectivity index (χ0v) is 17.4. The summed E-state index contributed by atoms with van der Waals surface area (Å²) in [4.78, 5) is 8.78. The van der Waals surface area contributed by atoms with Gasteiger partial charge >= 0.3 is 0 Å². The molecule has 5 rings (SSSR count). The minimum absolute atomic E-state index is 0.0372. The van der Waals surface area contributed by atoms with Gasteiger partial charge in [0, 0.05) is 17.2 Å². The molecule has 0 atom stereocenters. The van der Waals surface area contributed by atoms with Crippen molar-refractivity contribution in [1.29, 1.82) is 0 Å². The van der Waals surface area contributed by atoms with Gasteiger partial charge in [-0.05, 0) is 60.9 Å². The van der Waals surface area contributed by atoms with Crippen LogP contribution in [-0.4, -0.2) is 28.2 Å². The van der Waals surface area contributed by atoms with Crippen LogP contribution >= 0.6 is 0 Å². The molecular weight excluding hydrogens is 434 g/mol. The molecule has 0 aliphatic heterocycles. The fourth-order valence-electron chi connectivity index (χ4n) is 3.46. The van der Waals surface area contributed by atoms with Gasteiger partial charge < -0.3 is 0 Å². The Morgan fingerprint density at radius 3 is 2.62 bits per heavy atom. The second-order valence-corrected chi connectivity index (χ2v) is 9.49. The molecule has 9 heteroatoms. The van der Waals surface area contributed by atoms with Crippen molar-refractivity contribution in [2.75, 3.05) is 4.72 Å². The normalized spacial score (nSPS) is 13.8. The van der Waals surface area contributed by atoms with E-state index in [4.69, 9.17) is 6.42 Å². The van der Waals surface area contributed by atoms with E-state index in [0.29, 0.717) is 40.8 Å². The highest BCUT2D eigenvalue weighted by Gasteiger charge is 2.36. The molecule has 0 bridgehead atoms. The van der Waals surface area contributed by atoms with Crippen molar-refractivity contribution in [3.63, 3.8) is 0 Å². The van der Waals surface area contributed by atoms with Crippen molar-refractivity contribution < 1.29 is 17.2 Å². The van der Waals surface area contributed by atoms with Crippen LogP contribution in [0, 0.1) is 24.0 Å². The van der Waals surface area contributed by atoms with Crippen LogP contribution < -0.4 is 4.72 Å². The van der Waals surface area contributed by atoms with Crippen LogP contribution in [-0.2, 0) is 10.0 Å². The van der Waals surface area contributed by atoms with E-state index in [1.165, 1.54) is 18.5 Å². The smallest absolute Gasteiger partial charge is 0.236 e. The van der Waals surface area contributed by atoms with Crippen LogP contribution in [0.5, 0.6) is 0 Å². The van der Waals surface area contributed by atoms with Crippen LogP contribution in [0.2, 0.25) is 0 Å². The number of anilines is 1. The molecule has 6 nitrogen and oxygen atoms in total. The van der Waals surface area contributed by atoms with Crippen LogP contribution in [0.4, 0.5) is 14.6 Å². The summed E-state index contributed by atoms with van der Waals surface area (Å²) < 4.78 is 57.1. The summed E-state index contributed by atoms with van der Waals surface area (Å²) in [7, 11) is -3.61. The van der Waals surface area contributed by atoms with Gasteiger partial charge in [-0.1, -0.05) is 5.92 Å². The number of nitrogens with zero attached hydrogens (tertiary/aromatic N) is 3. The number of fused-ring (bicyclic) bond motifs is 1. The number of hydrogen-bond acceptors (Lipinski definition) is 4. The van der Waals surface area contributed by atoms with Crippen molar-refractivity contribution >= 4 is 26.9 Å². The number of pyridine rings is 1. The first-order chi connectivity index (χ1) is 15.3. The number of rotatable bonds is 5. The van der Waals surface area contributed by atoms with Gasteiger partial charge in [-0.25, -0.2) is 27.2 Å². The van der Waals surface area contributed by atoms with Crippen molar-refractivity contribution in [3.05, 3.63) is 72.1 Å². The Bertz CT molecular complexity index is 1520. The lowest BCUT2D eigenvalue weighted by Crippen LogP contribution is -2.18. The van der Waals surface area contributed by atoms with E-state index in [9.17, 15) is 17.2 Å². The van der Waals surface area contributed by atoms with Gasteiger partial charge in [0.25, 0.3) is 0 Å². The van der Waals surface area contributed by atoms with Gasteiger partial charge in [0.15, 0.2) is 0 Å². The highest BCUT2D eigenvalue weighted by Crippen LogP contribution is 2.32. The summed E-state index contributed by atoms with van der Waals surface area (Å²) in [5.41, 5.74) is 2.42. The summed E-state index contributed by atoms with van der Waals surface area (Å²) in [6.45, 7) is 0. The number of halogens is 2. The summed E-state index contributed by atoms with van der Waals surface area (Å²) >= 11 is 0. The summed E-state index contributed by atoms with van der Waals surface area (Å²) in [5.74, 6) is 1.42. The minimum Gasteiger partial charge on any atom is -0.283 e. The largest absolute Gasteiger partial charge is 0.283 e. The number of imidazole rings is 1. The molecule has 1 N–H and O–H groups in total. The predicted octanol–water partition coefficient (Wildman–Crippen LogP) is 4.25. The molecule has 0 unspecified atom stereocenters. The number of terminal acetylenes is 1. The molecular formula is C23H16F2N4O2S. The zero-order chi connectivity index (χ0) is 22.5. The monoisotopic (exact) mass is 450 g/mol. The maximum Gasteiger partial charge on any atom is 0.236 e. The van der Waals surface area contributed by atoms with Crippen molar-refractivity contribution in [1.82, 2.24) is 14.5 Å². The molecule has 2 heterocycles. The lowest BCUT2D eigenvalue weighted by molar-refractivity contribution is 0.585. The molecule has 2 aromatic carbocycles. The minimum atomic E-state index is -3.61. The summed E-state index contributed by atoms with van der Waals surface area (Å²) in [6, 6.07) is 11.5. The molecule has 4 aromatic rings. The van der Waals surface area contributed by atoms with E-state index in [1.54, 1.807) is 28.8 Å². The third-order valence-corrected chi connectivity index (χ3v) is 7.07. The Hall–Kier alpha value is -3.77. The highest BCUT2D eigenvalue weighted by atomic mass is 32.2. The Morgan fingerprint density at radius 2 is 1.91 bits per heavy atom. The SMILES string of the molecule is C#Cc1ccc2c(c1)ncn2-c1cc(-c2ccc(F)cc2F)cc(NS(=O)(=O)C2CC2)n1. The maximum atomic E-state index is 14.5. The molecule has 0 amide bonds.